The molecule has 1 heterocycles. The first-order valence-electron chi connectivity index (χ1n) is 7.06. The third-order valence-corrected chi connectivity index (χ3v) is 3.42. The topological polar surface area (TPSA) is 53.0 Å². The summed E-state index contributed by atoms with van der Waals surface area (Å²) in [5.74, 6) is -0.0153. The molecule has 1 aliphatic heterocycles. The predicted molar refractivity (Wildman–Crippen MR) is 75.0 cm³/mol. The Kier molecular flexibility index (Phi) is 6.23. The number of hydrogen-bond donors (Lipinski definition) is 1. The Labute approximate surface area is 116 Å². The average molecular weight is 272 g/mol. The van der Waals surface area contributed by atoms with Crippen molar-refractivity contribution in [2.24, 2.45) is 0 Å². The summed E-state index contributed by atoms with van der Waals surface area (Å²) >= 11 is 0. The summed E-state index contributed by atoms with van der Waals surface area (Å²) in [4.78, 5) is 16.3. The van der Waals surface area contributed by atoms with Gasteiger partial charge in [0.15, 0.2) is 0 Å². The zero-order valence-corrected chi connectivity index (χ0v) is 12.7. The van der Waals surface area contributed by atoms with Crippen LogP contribution >= 0.6 is 0 Å². The van der Waals surface area contributed by atoms with Crippen molar-refractivity contribution in [3.63, 3.8) is 0 Å². The second kappa shape index (κ2) is 7.22. The zero-order chi connectivity index (χ0) is 14.5. The number of hydrogen-bond acceptors (Lipinski definition) is 4. The number of carbonyl (C=O) groups excluding carboxylic acids is 1. The van der Waals surface area contributed by atoms with E-state index in [0.29, 0.717) is 6.54 Å². The van der Waals surface area contributed by atoms with Crippen LogP contribution in [-0.2, 0) is 9.53 Å². The maximum Gasteiger partial charge on any atom is 0.248 e. The van der Waals surface area contributed by atoms with Crippen molar-refractivity contribution in [2.45, 2.75) is 45.3 Å². The van der Waals surface area contributed by atoms with Crippen LogP contribution in [0.25, 0.3) is 0 Å². The van der Waals surface area contributed by atoms with Crippen molar-refractivity contribution in [3.05, 3.63) is 0 Å². The number of rotatable bonds is 5. The molecule has 5 heteroatoms. The van der Waals surface area contributed by atoms with Gasteiger partial charge in [-0.2, -0.15) is 0 Å². The molecule has 0 unspecified atom stereocenters. The van der Waals surface area contributed by atoms with Crippen LogP contribution in [0.1, 0.15) is 33.6 Å². The number of nitrogens with zero attached hydrogens (tertiary/aromatic N) is 2. The summed E-state index contributed by atoms with van der Waals surface area (Å²) in [7, 11) is 2.09. The van der Waals surface area contributed by atoms with Gasteiger partial charge >= 0.3 is 0 Å². The van der Waals surface area contributed by atoms with E-state index in [1.54, 1.807) is 4.90 Å². The minimum Gasteiger partial charge on any atom is -0.395 e. The number of aliphatic hydroxyl groups excluding tert-OH is 1. The van der Waals surface area contributed by atoms with Crippen molar-refractivity contribution in [1.82, 2.24) is 9.80 Å². The van der Waals surface area contributed by atoms with E-state index < -0.39 is 0 Å². The highest BCUT2D eigenvalue weighted by Crippen LogP contribution is 2.16. The van der Waals surface area contributed by atoms with Crippen LogP contribution in [0.3, 0.4) is 0 Å². The lowest BCUT2D eigenvalue weighted by atomic mass is 10.0. The van der Waals surface area contributed by atoms with Crippen LogP contribution in [0.5, 0.6) is 0 Å². The SMILES string of the molecule is CN1CCC(N(CCO)C(=O)COC(C)(C)C)CC1. The van der Waals surface area contributed by atoms with Gasteiger partial charge in [-0.05, 0) is 53.8 Å². The minimum absolute atomic E-state index is 0.00754. The van der Waals surface area contributed by atoms with Gasteiger partial charge in [0, 0.05) is 12.6 Å². The Morgan fingerprint density at radius 3 is 2.42 bits per heavy atom. The molecule has 19 heavy (non-hydrogen) atoms. The minimum atomic E-state index is -0.312. The summed E-state index contributed by atoms with van der Waals surface area (Å²) in [5, 5.41) is 9.15. The average Bonchev–Trinajstić information content (AvgIpc) is 2.33. The molecule has 5 nitrogen and oxygen atoms in total. The van der Waals surface area contributed by atoms with Crippen molar-refractivity contribution in [3.8, 4) is 0 Å². The van der Waals surface area contributed by atoms with Crippen LogP contribution in [0.15, 0.2) is 0 Å². The molecule has 1 rings (SSSR count). The van der Waals surface area contributed by atoms with Crippen LogP contribution in [0, 0.1) is 0 Å². The fourth-order valence-corrected chi connectivity index (χ4v) is 2.29. The highest BCUT2D eigenvalue weighted by molar-refractivity contribution is 5.77. The molecule has 0 aromatic rings. The Morgan fingerprint density at radius 1 is 1.37 bits per heavy atom. The summed E-state index contributed by atoms with van der Waals surface area (Å²) in [6, 6.07) is 0.236. The summed E-state index contributed by atoms with van der Waals surface area (Å²) in [6.07, 6.45) is 1.94. The molecule has 1 N–H and O–H groups in total. The molecule has 0 spiro atoms. The monoisotopic (exact) mass is 272 g/mol. The Balaban J connectivity index is 2.53. The van der Waals surface area contributed by atoms with E-state index in [-0.39, 0.29) is 30.8 Å². The van der Waals surface area contributed by atoms with E-state index in [1.807, 2.05) is 20.8 Å². The molecule has 0 aliphatic carbocycles. The van der Waals surface area contributed by atoms with E-state index in [1.165, 1.54) is 0 Å². The van der Waals surface area contributed by atoms with Gasteiger partial charge in [-0.25, -0.2) is 0 Å². The third kappa shape index (κ3) is 5.89. The number of carbonyl (C=O) groups is 1. The van der Waals surface area contributed by atoms with Gasteiger partial charge in [0.25, 0.3) is 0 Å². The lowest BCUT2D eigenvalue weighted by Gasteiger charge is -2.37. The van der Waals surface area contributed by atoms with Gasteiger partial charge in [-0.3, -0.25) is 4.79 Å². The molecule has 1 aliphatic rings. The molecule has 1 amide bonds. The van der Waals surface area contributed by atoms with Crippen molar-refractivity contribution in [2.75, 3.05) is 39.9 Å². The second-order valence-corrected chi connectivity index (χ2v) is 6.25. The fraction of sp³-hybridized carbons (Fsp3) is 0.929. The van der Waals surface area contributed by atoms with E-state index in [9.17, 15) is 4.79 Å². The first kappa shape index (κ1) is 16.4. The Morgan fingerprint density at radius 2 is 1.95 bits per heavy atom. The number of amides is 1. The summed E-state index contributed by atoms with van der Waals surface area (Å²) < 4.78 is 5.55. The standard InChI is InChI=1S/C14H28N2O3/c1-14(2,3)19-11-13(18)16(9-10-17)12-5-7-15(4)8-6-12/h12,17H,5-11H2,1-4H3. The highest BCUT2D eigenvalue weighted by atomic mass is 16.5. The van der Waals surface area contributed by atoms with Gasteiger partial charge in [0.05, 0.1) is 12.2 Å². The molecule has 0 aromatic carbocycles. The molecule has 1 fully saturated rings. The van der Waals surface area contributed by atoms with E-state index in [4.69, 9.17) is 9.84 Å². The smallest absolute Gasteiger partial charge is 0.248 e. The van der Waals surface area contributed by atoms with E-state index in [0.717, 1.165) is 25.9 Å². The molecule has 112 valence electrons. The Bertz CT molecular complexity index is 281. The molecule has 0 bridgehead atoms. The number of aliphatic hydroxyl groups is 1. The largest absolute Gasteiger partial charge is 0.395 e. The van der Waals surface area contributed by atoms with Gasteiger partial charge in [-0.1, -0.05) is 0 Å². The number of ether oxygens (including phenoxy) is 1. The quantitative estimate of drug-likeness (QED) is 0.801. The van der Waals surface area contributed by atoms with Gasteiger partial charge in [-0.15, -0.1) is 0 Å². The molecule has 1 saturated heterocycles. The number of likely N-dealkylation sites (tertiary alicyclic amines) is 1. The van der Waals surface area contributed by atoms with Gasteiger partial charge in [0.1, 0.15) is 6.61 Å². The number of piperidine rings is 1. The van der Waals surface area contributed by atoms with Crippen LogP contribution in [0.2, 0.25) is 0 Å². The fourth-order valence-electron chi connectivity index (χ4n) is 2.29. The maximum absolute atomic E-state index is 12.2. The van der Waals surface area contributed by atoms with Gasteiger partial charge in [0.2, 0.25) is 5.91 Å². The first-order chi connectivity index (χ1) is 8.83. The first-order valence-corrected chi connectivity index (χ1v) is 7.06. The lowest BCUT2D eigenvalue weighted by Crippen LogP contribution is -2.49. The molecule has 0 radical (unpaired) electrons. The summed E-state index contributed by atoms with van der Waals surface area (Å²) in [6.45, 7) is 8.31. The normalized spacial score (nSPS) is 18.6. The molecule has 0 saturated carbocycles. The molecule has 0 atom stereocenters. The second-order valence-electron chi connectivity index (χ2n) is 6.25. The van der Waals surface area contributed by atoms with Crippen molar-refractivity contribution < 1.29 is 14.6 Å². The van der Waals surface area contributed by atoms with Crippen LogP contribution in [-0.4, -0.2) is 72.4 Å². The molecule has 0 aromatic heterocycles. The van der Waals surface area contributed by atoms with E-state index in [2.05, 4.69) is 11.9 Å². The Hall–Kier alpha value is -0.650. The maximum atomic E-state index is 12.2. The van der Waals surface area contributed by atoms with Crippen molar-refractivity contribution in [1.29, 1.82) is 0 Å². The van der Waals surface area contributed by atoms with Gasteiger partial charge < -0.3 is 19.6 Å². The van der Waals surface area contributed by atoms with Crippen LogP contribution in [0.4, 0.5) is 0 Å². The van der Waals surface area contributed by atoms with E-state index >= 15 is 0 Å². The van der Waals surface area contributed by atoms with Crippen molar-refractivity contribution >= 4 is 5.91 Å². The molecular formula is C14H28N2O3. The highest BCUT2D eigenvalue weighted by Gasteiger charge is 2.27. The summed E-state index contributed by atoms with van der Waals surface area (Å²) in [5.41, 5.74) is -0.312. The third-order valence-electron chi connectivity index (χ3n) is 3.42. The lowest BCUT2D eigenvalue weighted by molar-refractivity contribution is -0.144. The predicted octanol–water partition coefficient (Wildman–Crippen LogP) is 0.717. The van der Waals surface area contributed by atoms with Crippen LogP contribution < -0.4 is 0 Å². The molecular weight excluding hydrogens is 244 g/mol. The zero-order valence-electron chi connectivity index (χ0n) is 12.7.